The SMILES string of the molecule is CC1CS(=O)(=O)CCN1CCNCCc1ccsc1. The monoisotopic (exact) mass is 302 g/mol. The van der Waals surface area contributed by atoms with Crippen molar-refractivity contribution < 1.29 is 8.42 Å². The highest BCUT2D eigenvalue weighted by Crippen LogP contribution is 2.10. The molecule has 1 aliphatic rings. The van der Waals surface area contributed by atoms with Crippen LogP contribution in [0.25, 0.3) is 0 Å². The van der Waals surface area contributed by atoms with Gasteiger partial charge < -0.3 is 5.32 Å². The molecular weight excluding hydrogens is 280 g/mol. The van der Waals surface area contributed by atoms with Crippen LogP contribution >= 0.6 is 11.3 Å². The summed E-state index contributed by atoms with van der Waals surface area (Å²) >= 11 is 1.73. The van der Waals surface area contributed by atoms with Crippen LogP contribution in [0.4, 0.5) is 0 Å². The zero-order valence-corrected chi connectivity index (χ0v) is 13.0. The van der Waals surface area contributed by atoms with Gasteiger partial charge in [0.15, 0.2) is 9.84 Å². The summed E-state index contributed by atoms with van der Waals surface area (Å²) in [7, 11) is -2.79. The van der Waals surface area contributed by atoms with Crippen molar-refractivity contribution in [3.63, 3.8) is 0 Å². The van der Waals surface area contributed by atoms with E-state index in [0.29, 0.717) is 18.1 Å². The number of nitrogens with zero attached hydrogens (tertiary/aromatic N) is 1. The fourth-order valence-electron chi connectivity index (χ4n) is 2.38. The van der Waals surface area contributed by atoms with Crippen LogP contribution in [-0.4, -0.2) is 57.0 Å². The van der Waals surface area contributed by atoms with Crippen molar-refractivity contribution in [2.45, 2.75) is 19.4 Å². The minimum absolute atomic E-state index is 0.150. The number of rotatable bonds is 6. The Balaban J connectivity index is 1.61. The number of thiophene rings is 1. The molecule has 1 aliphatic heterocycles. The molecule has 4 nitrogen and oxygen atoms in total. The Kier molecular flexibility index (Phi) is 5.38. The van der Waals surface area contributed by atoms with Gasteiger partial charge in [-0.25, -0.2) is 8.42 Å². The van der Waals surface area contributed by atoms with Crippen molar-refractivity contribution in [2.75, 3.05) is 37.7 Å². The molecule has 0 amide bonds. The van der Waals surface area contributed by atoms with Crippen LogP contribution in [-0.2, 0) is 16.3 Å². The first-order chi connectivity index (χ1) is 9.07. The van der Waals surface area contributed by atoms with Crippen LogP contribution < -0.4 is 5.32 Å². The maximum absolute atomic E-state index is 11.5. The molecule has 2 rings (SSSR count). The predicted octanol–water partition coefficient (Wildman–Crippen LogP) is 0.999. The van der Waals surface area contributed by atoms with E-state index in [-0.39, 0.29) is 6.04 Å². The molecule has 1 aromatic rings. The van der Waals surface area contributed by atoms with E-state index in [2.05, 4.69) is 27.0 Å². The summed E-state index contributed by atoms with van der Waals surface area (Å²) in [4.78, 5) is 2.26. The summed E-state index contributed by atoms with van der Waals surface area (Å²) in [5, 5.41) is 7.71. The van der Waals surface area contributed by atoms with Gasteiger partial charge in [0, 0.05) is 25.7 Å². The fourth-order valence-corrected chi connectivity index (χ4v) is 4.71. The lowest BCUT2D eigenvalue weighted by molar-refractivity contribution is 0.227. The summed E-state index contributed by atoms with van der Waals surface area (Å²) in [5.74, 6) is 0.619. The quantitative estimate of drug-likeness (QED) is 0.797. The van der Waals surface area contributed by atoms with E-state index in [9.17, 15) is 8.42 Å². The molecular formula is C13H22N2O2S2. The van der Waals surface area contributed by atoms with Crippen LogP contribution in [0.2, 0.25) is 0 Å². The van der Waals surface area contributed by atoms with Gasteiger partial charge in [-0.1, -0.05) is 0 Å². The third-order valence-electron chi connectivity index (χ3n) is 3.55. The molecule has 1 fully saturated rings. The smallest absolute Gasteiger partial charge is 0.153 e. The van der Waals surface area contributed by atoms with E-state index in [4.69, 9.17) is 0 Å². The maximum atomic E-state index is 11.5. The fraction of sp³-hybridized carbons (Fsp3) is 0.692. The molecule has 0 saturated carbocycles. The zero-order valence-electron chi connectivity index (χ0n) is 11.3. The van der Waals surface area contributed by atoms with E-state index >= 15 is 0 Å². The molecule has 19 heavy (non-hydrogen) atoms. The summed E-state index contributed by atoms with van der Waals surface area (Å²) < 4.78 is 22.9. The number of hydrogen-bond acceptors (Lipinski definition) is 5. The molecule has 0 bridgehead atoms. The number of hydrogen-bond donors (Lipinski definition) is 1. The van der Waals surface area contributed by atoms with E-state index in [1.54, 1.807) is 11.3 Å². The molecule has 1 aromatic heterocycles. The van der Waals surface area contributed by atoms with E-state index in [1.807, 2.05) is 6.92 Å². The Morgan fingerprint density at radius 1 is 1.47 bits per heavy atom. The van der Waals surface area contributed by atoms with Gasteiger partial charge in [0.1, 0.15) is 0 Å². The van der Waals surface area contributed by atoms with Gasteiger partial charge in [-0.3, -0.25) is 4.90 Å². The van der Waals surface area contributed by atoms with Gasteiger partial charge >= 0.3 is 0 Å². The van der Waals surface area contributed by atoms with E-state index in [1.165, 1.54) is 5.56 Å². The minimum Gasteiger partial charge on any atom is -0.315 e. The lowest BCUT2D eigenvalue weighted by Crippen LogP contribution is -2.49. The lowest BCUT2D eigenvalue weighted by atomic mass is 10.2. The Morgan fingerprint density at radius 2 is 2.32 bits per heavy atom. The highest BCUT2D eigenvalue weighted by molar-refractivity contribution is 7.91. The molecule has 1 N–H and O–H groups in total. The lowest BCUT2D eigenvalue weighted by Gasteiger charge is -2.33. The molecule has 0 aliphatic carbocycles. The second kappa shape index (κ2) is 6.83. The van der Waals surface area contributed by atoms with Crippen molar-refractivity contribution in [3.8, 4) is 0 Å². The van der Waals surface area contributed by atoms with Crippen molar-refractivity contribution in [1.29, 1.82) is 0 Å². The molecule has 0 spiro atoms. The van der Waals surface area contributed by atoms with Crippen LogP contribution in [0.1, 0.15) is 12.5 Å². The Labute approximate surface area is 119 Å². The zero-order chi connectivity index (χ0) is 13.7. The van der Waals surface area contributed by atoms with E-state index in [0.717, 1.165) is 26.1 Å². The first-order valence-electron chi connectivity index (χ1n) is 6.73. The van der Waals surface area contributed by atoms with Gasteiger partial charge in [0.05, 0.1) is 11.5 Å². The third kappa shape index (κ3) is 4.87. The van der Waals surface area contributed by atoms with Gasteiger partial charge in [-0.2, -0.15) is 11.3 Å². The van der Waals surface area contributed by atoms with Crippen LogP contribution in [0.3, 0.4) is 0 Å². The number of sulfone groups is 1. The first-order valence-corrected chi connectivity index (χ1v) is 9.49. The van der Waals surface area contributed by atoms with Gasteiger partial charge in [0.25, 0.3) is 0 Å². The van der Waals surface area contributed by atoms with Crippen LogP contribution in [0.5, 0.6) is 0 Å². The molecule has 0 radical (unpaired) electrons. The summed E-state index contributed by atoms with van der Waals surface area (Å²) in [6, 6.07) is 2.31. The summed E-state index contributed by atoms with van der Waals surface area (Å²) in [6.07, 6.45) is 1.06. The highest BCUT2D eigenvalue weighted by atomic mass is 32.2. The van der Waals surface area contributed by atoms with Gasteiger partial charge in [-0.05, 0) is 42.3 Å². The van der Waals surface area contributed by atoms with Gasteiger partial charge in [0.2, 0.25) is 0 Å². The largest absolute Gasteiger partial charge is 0.315 e. The van der Waals surface area contributed by atoms with Crippen LogP contribution in [0, 0.1) is 0 Å². The molecule has 2 heterocycles. The first kappa shape index (κ1) is 15.0. The molecule has 1 saturated heterocycles. The molecule has 0 aromatic carbocycles. The van der Waals surface area contributed by atoms with E-state index < -0.39 is 9.84 Å². The Bertz CT molecular complexity index is 471. The van der Waals surface area contributed by atoms with Crippen molar-refractivity contribution in [3.05, 3.63) is 22.4 Å². The standard InChI is InChI=1S/C13H22N2O2S2/c1-12-11-19(16,17)9-7-15(12)6-5-14-4-2-13-3-8-18-10-13/h3,8,10,12,14H,2,4-7,9,11H2,1H3. The van der Waals surface area contributed by atoms with Crippen molar-refractivity contribution in [1.82, 2.24) is 10.2 Å². The third-order valence-corrected chi connectivity index (χ3v) is 6.08. The maximum Gasteiger partial charge on any atom is 0.153 e. The normalized spacial score (nSPS) is 23.5. The average molecular weight is 302 g/mol. The predicted molar refractivity (Wildman–Crippen MR) is 80.6 cm³/mol. The van der Waals surface area contributed by atoms with Crippen molar-refractivity contribution in [2.24, 2.45) is 0 Å². The molecule has 1 unspecified atom stereocenters. The number of nitrogens with one attached hydrogen (secondary N) is 1. The Hall–Kier alpha value is -0.430. The van der Waals surface area contributed by atoms with Crippen LogP contribution in [0.15, 0.2) is 16.8 Å². The minimum atomic E-state index is -2.79. The second-order valence-corrected chi connectivity index (χ2v) is 8.14. The second-order valence-electron chi connectivity index (χ2n) is 5.13. The highest BCUT2D eigenvalue weighted by Gasteiger charge is 2.27. The molecule has 108 valence electrons. The van der Waals surface area contributed by atoms with Gasteiger partial charge in [-0.15, -0.1) is 0 Å². The topological polar surface area (TPSA) is 49.4 Å². The van der Waals surface area contributed by atoms with Crippen molar-refractivity contribution >= 4 is 21.2 Å². The average Bonchev–Trinajstić information content (AvgIpc) is 2.83. The summed E-state index contributed by atoms with van der Waals surface area (Å²) in [6.45, 7) is 5.52. The molecule has 6 heteroatoms. The Morgan fingerprint density at radius 3 is 3.00 bits per heavy atom. The summed E-state index contributed by atoms with van der Waals surface area (Å²) in [5.41, 5.74) is 1.38. The molecule has 1 atom stereocenters.